The van der Waals surface area contributed by atoms with E-state index in [2.05, 4.69) is 5.32 Å². The zero-order valence-electron chi connectivity index (χ0n) is 18.7. The van der Waals surface area contributed by atoms with Crippen LogP contribution in [-0.4, -0.2) is 21.1 Å². The fourth-order valence-corrected chi connectivity index (χ4v) is 4.60. The molecule has 0 spiro atoms. The summed E-state index contributed by atoms with van der Waals surface area (Å²) in [6.07, 6.45) is 6.19. The lowest BCUT2D eigenvalue weighted by atomic mass is 10.1. The number of hydrogen-bond acceptors (Lipinski definition) is 3. The SMILES string of the molecule is Cc1ccccc1Cn1c(=O)n(CCCCC(=O)NC2CCCC2)c(=O)c2ccccc21. The fourth-order valence-electron chi connectivity index (χ4n) is 4.60. The van der Waals surface area contributed by atoms with Crippen LogP contribution in [0.1, 0.15) is 56.1 Å². The Morgan fingerprint density at radius 3 is 2.47 bits per heavy atom. The molecule has 1 aliphatic rings. The first kappa shape index (κ1) is 22.1. The van der Waals surface area contributed by atoms with Crippen molar-refractivity contribution < 1.29 is 4.79 Å². The first-order valence-electron chi connectivity index (χ1n) is 11.6. The normalized spacial score (nSPS) is 14.2. The lowest BCUT2D eigenvalue weighted by Crippen LogP contribution is -2.40. The Kier molecular flexibility index (Phi) is 6.88. The van der Waals surface area contributed by atoms with Crippen molar-refractivity contribution in [1.29, 1.82) is 0 Å². The summed E-state index contributed by atoms with van der Waals surface area (Å²) in [5.41, 5.74) is 2.25. The Labute approximate surface area is 187 Å². The van der Waals surface area contributed by atoms with Gasteiger partial charge in [0.25, 0.3) is 5.56 Å². The van der Waals surface area contributed by atoms with Gasteiger partial charge in [0.15, 0.2) is 0 Å². The van der Waals surface area contributed by atoms with E-state index in [0.29, 0.717) is 49.3 Å². The summed E-state index contributed by atoms with van der Waals surface area (Å²) in [6, 6.07) is 15.6. The second-order valence-corrected chi connectivity index (χ2v) is 8.78. The van der Waals surface area contributed by atoms with Gasteiger partial charge in [0.1, 0.15) is 0 Å². The number of rotatable bonds is 8. The van der Waals surface area contributed by atoms with Crippen LogP contribution in [0.2, 0.25) is 0 Å². The van der Waals surface area contributed by atoms with E-state index in [1.165, 1.54) is 17.4 Å². The van der Waals surface area contributed by atoms with Crippen LogP contribution >= 0.6 is 0 Å². The molecule has 6 nitrogen and oxygen atoms in total. The highest BCUT2D eigenvalue weighted by Gasteiger charge is 2.17. The zero-order chi connectivity index (χ0) is 22.5. The Morgan fingerprint density at radius 1 is 0.969 bits per heavy atom. The smallest absolute Gasteiger partial charge is 0.331 e. The molecule has 0 saturated heterocycles. The van der Waals surface area contributed by atoms with Gasteiger partial charge in [-0.3, -0.25) is 18.7 Å². The molecule has 4 rings (SSSR count). The maximum atomic E-state index is 13.3. The number of nitrogens with zero attached hydrogens (tertiary/aromatic N) is 2. The summed E-state index contributed by atoms with van der Waals surface area (Å²) in [6.45, 7) is 2.75. The van der Waals surface area contributed by atoms with Crippen LogP contribution < -0.4 is 16.6 Å². The number of aromatic nitrogens is 2. The molecule has 2 aromatic carbocycles. The standard InChI is InChI=1S/C26H31N3O3/c1-19-10-2-3-11-20(19)18-29-23-15-7-6-14-22(23)25(31)28(26(29)32)17-9-8-16-24(30)27-21-12-4-5-13-21/h2-3,6-7,10-11,14-15,21H,4-5,8-9,12-13,16-18H2,1H3,(H,27,30). The topological polar surface area (TPSA) is 73.1 Å². The number of aryl methyl sites for hydroxylation is 1. The molecular weight excluding hydrogens is 402 g/mol. The fraction of sp³-hybridized carbons (Fsp3) is 0.423. The van der Waals surface area contributed by atoms with E-state index in [1.54, 1.807) is 10.6 Å². The van der Waals surface area contributed by atoms with E-state index in [9.17, 15) is 14.4 Å². The van der Waals surface area contributed by atoms with Crippen LogP contribution in [0, 0.1) is 6.92 Å². The van der Waals surface area contributed by atoms with Gasteiger partial charge >= 0.3 is 5.69 Å². The third-order valence-electron chi connectivity index (χ3n) is 6.48. The second kappa shape index (κ2) is 9.98. The van der Waals surface area contributed by atoms with Crippen LogP contribution in [0.25, 0.3) is 10.9 Å². The van der Waals surface area contributed by atoms with Crippen molar-refractivity contribution in [2.24, 2.45) is 0 Å². The monoisotopic (exact) mass is 433 g/mol. The molecule has 168 valence electrons. The molecule has 0 aliphatic heterocycles. The predicted molar refractivity (Wildman–Crippen MR) is 127 cm³/mol. The summed E-state index contributed by atoms with van der Waals surface area (Å²) in [5.74, 6) is 0.0692. The maximum absolute atomic E-state index is 13.3. The maximum Gasteiger partial charge on any atom is 0.331 e. The molecule has 1 N–H and O–H groups in total. The average molecular weight is 434 g/mol. The van der Waals surface area contributed by atoms with E-state index >= 15 is 0 Å². The molecule has 1 amide bonds. The van der Waals surface area contributed by atoms with Gasteiger partial charge in [0, 0.05) is 19.0 Å². The minimum atomic E-state index is -0.299. The summed E-state index contributed by atoms with van der Waals surface area (Å²) >= 11 is 0. The molecule has 1 aromatic heterocycles. The molecule has 1 aliphatic carbocycles. The van der Waals surface area contributed by atoms with Crippen molar-refractivity contribution >= 4 is 16.8 Å². The lowest BCUT2D eigenvalue weighted by Gasteiger charge is -2.15. The third-order valence-corrected chi connectivity index (χ3v) is 6.48. The molecule has 0 bridgehead atoms. The third kappa shape index (κ3) is 4.85. The molecule has 32 heavy (non-hydrogen) atoms. The Morgan fingerprint density at radius 2 is 1.69 bits per heavy atom. The molecule has 1 fully saturated rings. The van der Waals surface area contributed by atoms with Crippen molar-refractivity contribution in [2.45, 2.75) is 71.0 Å². The number of nitrogens with one attached hydrogen (secondary N) is 1. The van der Waals surface area contributed by atoms with Gasteiger partial charge in [0.2, 0.25) is 5.91 Å². The number of carbonyl (C=O) groups is 1. The van der Waals surface area contributed by atoms with E-state index in [0.717, 1.165) is 24.0 Å². The van der Waals surface area contributed by atoms with Gasteiger partial charge in [-0.05, 0) is 55.9 Å². The molecule has 0 radical (unpaired) electrons. The summed E-state index contributed by atoms with van der Waals surface area (Å²) in [5, 5.41) is 3.63. The molecule has 1 heterocycles. The first-order chi connectivity index (χ1) is 15.5. The lowest BCUT2D eigenvalue weighted by molar-refractivity contribution is -0.121. The molecule has 1 saturated carbocycles. The van der Waals surface area contributed by atoms with Crippen molar-refractivity contribution in [1.82, 2.24) is 14.5 Å². The van der Waals surface area contributed by atoms with Gasteiger partial charge in [-0.15, -0.1) is 0 Å². The van der Waals surface area contributed by atoms with Crippen LogP contribution in [0.4, 0.5) is 0 Å². The van der Waals surface area contributed by atoms with Gasteiger partial charge in [-0.2, -0.15) is 0 Å². The van der Waals surface area contributed by atoms with Crippen LogP contribution in [0.15, 0.2) is 58.1 Å². The first-order valence-corrected chi connectivity index (χ1v) is 11.6. The number of benzene rings is 2. The van der Waals surface area contributed by atoms with E-state index in [4.69, 9.17) is 0 Å². The molecule has 3 aromatic rings. The Bertz CT molecular complexity index is 1220. The number of unbranched alkanes of at least 4 members (excludes halogenated alkanes) is 1. The van der Waals surface area contributed by atoms with E-state index < -0.39 is 0 Å². The van der Waals surface area contributed by atoms with Crippen molar-refractivity contribution in [3.05, 3.63) is 80.5 Å². The van der Waals surface area contributed by atoms with Crippen molar-refractivity contribution in [2.75, 3.05) is 0 Å². The summed E-state index contributed by atoms with van der Waals surface area (Å²) < 4.78 is 3.02. The van der Waals surface area contributed by atoms with Gasteiger partial charge in [0.05, 0.1) is 17.4 Å². The largest absolute Gasteiger partial charge is 0.353 e. The molecule has 0 unspecified atom stereocenters. The van der Waals surface area contributed by atoms with E-state index in [1.807, 2.05) is 49.4 Å². The predicted octanol–water partition coefficient (Wildman–Crippen LogP) is 3.75. The number of carbonyl (C=O) groups excluding carboxylic acids is 1. The molecule has 6 heteroatoms. The Balaban J connectivity index is 1.52. The highest BCUT2D eigenvalue weighted by molar-refractivity contribution is 5.78. The van der Waals surface area contributed by atoms with Gasteiger partial charge in [-0.25, -0.2) is 4.79 Å². The highest BCUT2D eigenvalue weighted by atomic mass is 16.2. The zero-order valence-corrected chi connectivity index (χ0v) is 18.7. The average Bonchev–Trinajstić information content (AvgIpc) is 3.30. The van der Waals surface area contributed by atoms with E-state index in [-0.39, 0.29) is 17.2 Å². The number of para-hydroxylation sites is 1. The van der Waals surface area contributed by atoms with Crippen LogP contribution in [0.5, 0.6) is 0 Å². The highest BCUT2D eigenvalue weighted by Crippen LogP contribution is 2.18. The summed E-state index contributed by atoms with van der Waals surface area (Å²) in [7, 11) is 0. The number of amides is 1. The Hall–Kier alpha value is -3.15. The van der Waals surface area contributed by atoms with Crippen LogP contribution in [0.3, 0.4) is 0 Å². The number of fused-ring (bicyclic) bond motifs is 1. The quantitative estimate of drug-likeness (QED) is 0.550. The number of hydrogen-bond donors (Lipinski definition) is 1. The van der Waals surface area contributed by atoms with Crippen LogP contribution in [-0.2, 0) is 17.9 Å². The van der Waals surface area contributed by atoms with Crippen molar-refractivity contribution in [3.8, 4) is 0 Å². The molecule has 0 atom stereocenters. The second-order valence-electron chi connectivity index (χ2n) is 8.78. The van der Waals surface area contributed by atoms with Gasteiger partial charge in [-0.1, -0.05) is 49.2 Å². The summed E-state index contributed by atoms with van der Waals surface area (Å²) in [4.78, 5) is 38.5. The van der Waals surface area contributed by atoms with Gasteiger partial charge < -0.3 is 5.32 Å². The minimum absolute atomic E-state index is 0.0692. The molecular formula is C26H31N3O3. The minimum Gasteiger partial charge on any atom is -0.353 e. The van der Waals surface area contributed by atoms with Crippen molar-refractivity contribution in [3.63, 3.8) is 0 Å².